The van der Waals surface area contributed by atoms with E-state index < -0.39 is 0 Å². The number of aromatic nitrogens is 1. The molecule has 0 unspecified atom stereocenters. The summed E-state index contributed by atoms with van der Waals surface area (Å²) in [6.07, 6.45) is 1.63. The van der Waals surface area contributed by atoms with Crippen LogP contribution in [-0.2, 0) is 11.3 Å². The fourth-order valence-corrected chi connectivity index (χ4v) is 2.71. The van der Waals surface area contributed by atoms with Crippen LogP contribution in [0.4, 0.5) is 0 Å². The van der Waals surface area contributed by atoms with Gasteiger partial charge in [0.25, 0.3) is 11.5 Å². The average molecular weight is 298 g/mol. The second-order valence-corrected chi connectivity index (χ2v) is 5.23. The number of fused-ring (bicyclic) bond motifs is 1. The minimum Gasteiger partial charge on any atom is -0.378 e. The van der Waals surface area contributed by atoms with Gasteiger partial charge in [-0.2, -0.15) is 0 Å². The van der Waals surface area contributed by atoms with Gasteiger partial charge in [0.05, 0.1) is 13.2 Å². The van der Waals surface area contributed by atoms with E-state index in [1.165, 1.54) is 4.57 Å². The summed E-state index contributed by atoms with van der Waals surface area (Å²) in [7, 11) is 0. The van der Waals surface area contributed by atoms with Gasteiger partial charge in [-0.15, -0.1) is 6.58 Å². The van der Waals surface area contributed by atoms with Crippen molar-refractivity contribution in [1.82, 2.24) is 9.47 Å². The number of hydrogen-bond donors (Lipinski definition) is 0. The van der Waals surface area contributed by atoms with E-state index >= 15 is 0 Å². The summed E-state index contributed by atoms with van der Waals surface area (Å²) in [5.74, 6) is -0.131. The van der Waals surface area contributed by atoms with E-state index in [1.54, 1.807) is 23.1 Å². The van der Waals surface area contributed by atoms with Gasteiger partial charge in [0, 0.05) is 25.0 Å². The molecule has 1 saturated heterocycles. The Kier molecular flexibility index (Phi) is 4.06. The maximum atomic E-state index is 12.8. The minimum atomic E-state index is -0.158. The van der Waals surface area contributed by atoms with Crippen LogP contribution in [0.25, 0.3) is 10.8 Å². The fourth-order valence-electron chi connectivity index (χ4n) is 2.71. The van der Waals surface area contributed by atoms with Gasteiger partial charge in [-0.25, -0.2) is 0 Å². The zero-order valence-electron chi connectivity index (χ0n) is 12.3. The standard InChI is InChI=1S/C17H18N2O3/c1-2-7-19-15(17(21)18-8-10-22-11-9-18)12-13-5-3-4-6-14(13)16(19)20/h2-6,12H,1,7-11H2. The van der Waals surface area contributed by atoms with Gasteiger partial charge in [-0.1, -0.05) is 24.3 Å². The van der Waals surface area contributed by atoms with Crippen LogP contribution in [0.15, 0.2) is 47.8 Å². The van der Waals surface area contributed by atoms with Gasteiger partial charge >= 0.3 is 0 Å². The summed E-state index contributed by atoms with van der Waals surface area (Å²) in [6, 6.07) is 9.11. The van der Waals surface area contributed by atoms with Gasteiger partial charge in [0.2, 0.25) is 0 Å². The van der Waals surface area contributed by atoms with Crippen molar-refractivity contribution in [1.29, 1.82) is 0 Å². The SMILES string of the molecule is C=CCn1c(C(=O)N2CCOCC2)cc2ccccc2c1=O. The molecule has 0 aliphatic carbocycles. The first-order valence-corrected chi connectivity index (χ1v) is 7.33. The molecule has 0 saturated carbocycles. The largest absolute Gasteiger partial charge is 0.378 e. The normalized spacial score (nSPS) is 15.0. The zero-order valence-corrected chi connectivity index (χ0v) is 12.3. The summed E-state index contributed by atoms with van der Waals surface area (Å²) in [5, 5.41) is 1.40. The Balaban J connectivity index is 2.14. The molecule has 0 N–H and O–H groups in total. The Morgan fingerprint density at radius 3 is 2.73 bits per heavy atom. The van der Waals surface area contributed by atoms with Gasteiger partial charge in [-0.3, -0.25) is 14.2 Å². The molecule has 0 spiro atoms. The van der Waals surface area contributed by atoms with Crippen molar-refractivity contribution in [3.8, 4) is 0 Å². The van der Waals surface area contributed by atoms with E-state index in [2.05, 4.69) is 6.58 Å². The maximum absolute atomic E-state index is 12.8. The highest BCUT2D eigenvalue weighted by molar-refractivity contribution is 5.96. The second-order valence-electron chi connectivity index (χ2n) is 5.23. The van der Waals surface area contributed by atoms with Gasteiger partial charge in [-0.05, 0) is 17.5 Å². The molecule has 5 nitrogen and oxygen atoms in total. The monoisotopic (exact) mass is 298 g/mol. The highest BCUT2D eigenvalue weighted by Crippen LogP contribution is 2.14. The number of amides is 1. The van der Waals surface area contributed by atoms with E-state index in [0.29, 0.717) is 43.9 Å². The third-order valence-corrected chi connectivity index (χ3v) is 3.85. The molecule has 22 heavy (non-hydrogen) atoms. The van der Waals surface area contributed by atoms with Crippen molar-refractivity contribution in [3.05, 3.63) is 59.0 Å². The number of ether oxygens (including phenoxy) is 1. The van der Waals surface area contributed by atoms with Crippen LogP contribution in [0.3, 0.4) is 0 Å². The quantitative estimate of drug-likeness (QED) is 0.810. The first kappa shape index (κ1) is 14.5. The lowest BCUT2D eigenvalue weighted by atomic mass is 10.1. The number of hydrogen-bond acceptors (Lipinski definition) is 3. The molecule has 1 aliphatic rings. The minimum absolute atomic E-state index is 0.131. The molecule has 1 aliphatic heterocycles. The predicted molar refractivity (Wildman–Crippen MR) is 85.1 cm³/mol. The number of carbonyl (C=O) groups excluding carboxylic acids is 1. The summed E-state index contributed by atoms with van der Waals surface area (Å²) in [5.41, 5.74) is 0.250. The molecule has 2 heterocycles. The summed E-state index contributed by atoms with van der Waals surface area (Å²) < 4.78 is 6.77. The second kappa shape index (κ2) is 6.15. The van der Waals surface area contributed by atoms with Crippen molar-refractivity contribution in [2.75, 3.05) is 26.3 Å². The first-order chi connectivity index (χ1) is 10.7. The highest BCUT2D eigenvalue weighted by Gasteiger charge is 2.22. The van der Waals surface area contributed by atoms with Crippen LogP contribution in [0.2, 0.25) is 0 Å². The Morgan fingerprint density at radius 1 is 1.27 bits per heavy atom. The average Bonchev–Trinajstić information content (AvgIpc) is 2.57. The molecular weight excluding hydrogens is 280 g/mol. The van der Waals surface area contributed by atoms with Gasteiger partial charge in [0.1, 0.15) is 5.69 Å². The first-order valence-electron chi connectivity index (χ1n) is 7.33. The molecule has 2 aromatic rings. The zero-order chi connectivity index (χ0) is 15.5. The van der Waals surface area contributed by atoms with Crippen LogP contribution >= 0.6 is 0 Å². The Bertz CT molecular complexity index is 773. The predicted octanol–water partition coefficient (Wildman–Crippen LogP) is 1.66. The van der Waals surface area contributed by atoms with Crippen molar-refractivity contribution in [3.63, 3.8) is 0 Å². The van der Waals surface area contributed by atoms with Crippen molar-refractivity contribution in [2.24, 2.45) is 0 Å². The van der Waals surface area contributed by atoms with Crippen LogP contribution in [0, 0.1) is 0 Å². The van der Waals surface area contributed by atoms with Crippen LogP contribution in [-0.4, -0.2) is 41.7 Å². The summed E-state index contributed by atoms with van der Waals surface area (Å²) in [4.78, 5) is 27.1. The molecule has 1 amide bonds. The van der Waals surface area contributed by atoms with E-state index in [1.807, 2.05) is 18.2 Å². The summed E-state index contributed by atoms with van der Waals surface area (Å²) >= 11 is 0. The Labute approximate surface area is 128 Å². The number of carbonyl (C=O) groups is 1. The fraction of sp³-hybridized carbons (Fsp3) is 0.294. The number of pyridine rings is 1. The molecule has 0 radical (unpaired) electrons. The molecule has 5 heteroatoms. The molecular formula is C17H18N2O3. The number of allylic oxidation sites excluding steroid dienone is 1. The maximum Gasteiger partial charge on any atom is 0.270 e. The molecule has 114 valence electrons. The molecule has 1 aromatic heterocycles. The van der Waals surface area contributed by atoms with Crippen LogP contribution < -0.4 is 5.56 Å². The van der Waals surface area contributed by atoms with Crippen molar-refractivity contribution in [2.45, 2.75) is 6.54 Å². The van der Waals surface area contributed by atoms with E-state index in [4.69, 9.17) is 4.74 Å². The molecule has 1 aromatic carbocycles. The molecule has 3 rings (SSSR count). The lowest BCUT2D eigenvalue weighted by molar-refractivity contribution is 0.0295. The Hall–Kier alpha value is -2.40. The smallest absolute Gasteiger partial charge is 0.270 e. The number of nitrogens with zero attached hydrogens (tertiary/aromatic N) is 2. The molecule has 0 bridgehead atoms. The third-order valence-electron chi connectivity index (χ3n) is 3.85. The van der Waals surface area contributed by atoms with Gasteiger partial charge < -0.3 is 9.64 Å². The Morgan fingerprint density at radius 2 is 2.00 bits per heavy atom. The van der Waals surface area contributed by atoms with Gasteiger partial charge in [0.15, 0.2) is 0 Å². The number of benzene rings is 1. The molecule has 1 fully saturated rings. The lowest BCUT2D eigenvalue weighted by Gasteiger charge is -2.27. The van der Waals surface area contributed by atoms with E-state index in [9.17, 15) is 9.59 Å². The summed E-state index contributed by atoms with van der Waals surface area (Å²) in [6.45, 7) is 6.16. The van der Waals surface area contributed by atoms with E-state index in [-0.39, 0.29) is 11.5 Å². The van der Waals surface area contributed by atoms with E-state index in [0.717, 1.165) is 5.39 Å². The lowest BCUT2D eigenvalue weighted by Crippen LogP contribution is -2.42. The molecule has 0 atom stereocenters. The third kappa shape index (κ3) is 2.55. The van der Waals surface area contributed by atoms with Crippen LogP contribution in [0.1, 0.15) is 10.5 Å². The van der Waals surface area contributed by atoms with Crippen molar-refractivity contribution < 1.29 is 9.53 Å². The topological polar surface area (TPSA) is 51.5 Å². The van der Waals surface area contributed by atoms with Crippen molar-refractivity contribution >= 4 is 16.7 Å². The van der Waals surface area contributed by atoms with Crippen LogP contribution in [0.5, 0.6) is 0 Å². The number of rotatable bonds is 3. The highest BCUT2D eigenvalue weighted by atomic mass is 16.5. The number of morpholine rings is 1.